The number of phenols is 1. The molecule has 1 aliphatic rings. The topological polar surface area (TPSA) is 112 Å². The molecular weight excluding hydrogens is 353 g/mol. The van der Waals surface area contributed by atoms with Gasteiger partial charge in [-0.2, -0.15) is 0 Å². The maximum Gasteiger partial charge on any atom is 0.355 e. The van der Waals surface area contributed by atoms with Gasteiger partial charge in [0.2, 0.25) is 0 Å². The SMILES string of the molecule is COC(=O)C1=C(C(=O)OC)N(c2cc(C(=O)OC)c(F)cc2O)COC1. The second kappa shape index (κ2) is 7.83. The van der Waals surface area contributed by atoms with E-state index >= 15 is 0 Å². The second-order valence-corrected chi connectivity index (χ2v) is 5.03. The van der Waals surface area contributed by atoms with Crippen molar-refractivity contribution in [3.8, 4) is 5.75 Å². The van der Waals surface area contributed by atoms with Crippen molar-refractivity contribution in [2.45, 2.75) is 0 Å². The fraction of sp³-hybridized carbons (Fsp3) is 0.312. The van der Waals surface area contributed by atoms with E-state index in [1.807, 2.05) is 0 Å². The van der Waals surface area contributed by atoms with Gasteiger partial charge in [-0.25, -0.2) is 18.8 Å². The monoisotopic (exact) mass is 369 g/mol. The Balaban J connectivity index is 2.67. The number of aromatic hydroxyl groups is 1. The quantitative estimate of drug-likeness (QED) is 0.606. The van der Waals surface area contributed by atoms with Gasteiger partial charge in [0.1, 0.15) is 24.0 Å². The minimum Gasteiger partial charge on any atom is -0.506 e. The first-order valence-corrected chi connectivity index (χ1v) is 7.21. The van der Waals surface area contributed by atoms with Crippen LogP contribution in [0.2, 0.25) is 0 Å². The minimum atomic E-state index is -1.02. The number of rotatable bonds is 4. The molecule has 0 saturated carbocycles. The van der Waals surface area contributed by atoms with Gasteiger partial charge >= 0.3 is 17.9 Å². The van der Waals surface area contributed by atoms with Gasteiger partial charge in [0, 0.05) is 6.07 Å². The summed E-state index contributed by atoms with van der Waals surface area (Å²) >= 11 is 0. The highest BCUT2D eigenvalue weighted by atomic mass is 19.1. The number of hydrogen-bond donors (Lipinski definition) is 1. The van der Waals surface area contributed by atoms with E-state index in [9.17, 15) is 23.9 Å². The van der Waals surface area contributed by atoms with Gasteiger partial charge in [-0.15, -0.1) is 0 Å². The summed E-state index contributed by atoms with van der Waals surface area (Å²) in [6.07, 6.45) is 0. The number of hydrogen-bond acceptors (Lipinski definition) is 9. The van der Waals surface area contributed by atoms with Crippen LogP contribution in [0.5, 0.6) is 5.75 Å². The van der Waals surface area contributed by atoms with E-state index in [1.165, 1.54) is 0 Å². The molecule has 0 saturated heterocycles. The average molecular weight is 369 g/mol. The van der Waals surface area contributed by atoms with Crippen LogP contribution in [0.25, 0.3) is 0 Å². The third-order valence-corrected chi connectivity index (χ3v) is 3.59. The molecule has 1 aliphatic heterocycles. The normalized spacial score (nSPS) is 14.1. The predicted octanol–water partition coefficient (Wildman–Crippen LogP) is 0.712. The van der Waals surface area contributed by atoms with Crippen LogP contribution in [-0.2, 0) is 28.5 Å². The first-order chi connectivity index (χ1) is 12.3. The molecule has 1 aromatic carbocycles. The number of anilines is 1. The number of ether oxygens (including phenoxy) is 4. The van der Waals surface area contributed by atoms with E-state index in [0.717, 1.165) is 32.3 Å². The van der Waals surface area contributed by atoms with Crippen molar-refractivity contribution in [1.82, 2.24) is 0 Å². The van der Waals surface area contributed by atoms with Crippen molar-refractivity contribution in [2.75, 3.05) is 39.6 Å². The molecule has 0 bridgehead atoms. The number of carbonyl (C=O) groups is 3. The number of methoxy groups -OCH3 is 3. The van der Waals surface area contributed by atoms with Crippen LogP contribution in [0.4, 0.5) is 10.1 Å². The van der Waals surface area contributed by atoms with Gasteiger partial charge in [-0.3, -0.25) is 0 Å². The molecule has 0 aliphatic carbocycles. The molecule has 2 rings (SSSR count). The van der Waals surface area contributed by atoms with E-state index in [1.54, 1.807) is 0 Å². The van der Waals surface area contributed by atoms with E-state index in [4.69, 9.17) is 4.74 Å². The molecule has 0 atom stereocenters. The lowest BCUT2D eigenvalue weighted by molar-refractivity contribution is -0.140. The fourth-order valence-electron chi connectivity index (χ4n) is 2.37. The van der Waals surface area contributed by atoms with E-state index in [0.29, 0.717) is 6.07 Å². The second-order valence-electron chi connectivity index (χ2n) is 5.03. The molecule has 0 unspecified atom stereocenters. The number of benzene rings is 1. The summed E-state index contributed by atoms with van der Waals surface area (Å²) in [6, 6.07) is 1.66. The Morgan fingerprint density at radius 1 is 1.08 bits per heavy atom. The number of carbonyl (C=O) groups excluding carboxylic acids is 3. The largest absolute Gasteiger partial charge is 0.506 e. The Hall–Kier alpha value is -3.14. The number of phenolic OH excluding ortho intramolecular Hbond substituents is 1. The smallest absolute Gasteiger partial charge is 0.355 e. The summed E-state index contributed by atoms with van der Waals surface area (Å²) < 4.78 is 33.0. The minimum absolute atomic E-state index is 0.158. The zero-order valence-corrected chi connectivity index (χ0v) is 14.2. The average Bonchev–Trinajstić information content (AvgIpc) is 2.65. The lowest BCUT2D eigenvalue weighted by atomic mass is 10.1. The molecule has 0 fully saturated rings. The Morgan fingerprint density at radius 3 is 2.27 bits per heavy atom. The molecular formula is C16H16FNO8. The third kappa shape index (κ3) is 3.45. The number of esters is 3. The first kappa shape index (κ1) is 19.2. The van der Waals surface area contributed by atoms with Crippen LogP contribution < -0.4 is 4.90 Å². The predicted molar refractivity (Wildman–Crippen MR) is 83.8 cm³/mol. The fourth-order valence-corrected chi connectivity index (χ4v) is 2.37. The molecule has 1 N–H and O–H groups in total. The Labute approximate surface area is 147 Å². The van der Waals surface area contributed by atoms with Crippen LogP contribution >= 0.6 is 0 Å². The Morgan fingerprint density at radius 2 is 1.69 bits per heavy atom. The molecule has 1 heterocycles. The molecule has 0 amide bonds. The maximum atomic E-state index is 13.9. The number of nitrogens with zero attached hydrogens (tertiary/aromatic N) is 1. The van der Waals surface area contributed by atoms with E-state index in [2.05, 4.69) is 14.2 Å². The van der Waals surface area contributed by atoms with Gasteiger partial charge in [-0.05, 0) is 6.07 Å². The molecule has 1 aromatic rings. The van der Waals surface area contributed by atoms with Crippen LogP contribution in [0.1, 0.15) is 10.4 Å². The van der Waals surface area contributed by atoms with Crippen LogP contribution in [0.3, 0.4) is 0 Å². The molecule has 0 aromatic heterocycles. The summed E-state index contributed by atoms with van der Waals surface area (Å²) in [5.41, 5.74) is -1.06. The molecule has 0 spiro atoms. The summed E-state index contributed by atoms with van der Waals surface area (Å²) in [7, 11) is 3.28. The van der Waals surface area contributed by atoms with Gasteiger partial charge in [0.15, 0.2) is 0 Å². The van der Waals surface area contributed by atoms with Gasteiger partial charge < -0.3 is 29.0 Å². The third-order valence-electron chi connectivity index (χ3n) is 3.59. The van der Waals surface area contributed by atoms with E-state index in [-0.39, 0.29) is 30.3 Å². The molecule has 10 heteroatoms. The Kier molecular flexibility index (Phi) is 5.78. The Bertz CT molecular complexity index is 789. The van der Waals surface area contributed by atoms with Crippen molar-refractivity contribution in [1.29, 1.82) is 0 Å². The summed E-state index contributed by atoms with van der Waals surface area (Å²) in [5.74, 6) is -4.35. The van der Waals surface area contributed by atoms with Crippen LogP contribution in [-0.4, -0.2) is 57.7 Å². The molecule has 26 heavy (non-hydrogen) atoms. The standard InChI is InChI=1S/C16H16FNO8/c1-23-14(20)8-4-11(12(19)5-10(8)17)18-7-26-6-9(15(21)24-2)13(18)16(22)25-3/h4-5,19H,6-7H2,1-3H3. The summed E-state index contributed by atoms with van der Waals surface area (Å²) in [6.45, 7) is -0.510. The zero-order valence-electron chi connectivity index (χ0n) is 14.2. The summed E-state index contributed by atoms with van der Waals surface area (Å²) in [5, 5.41) is 10.1. The maximum absolute atomic E-state index is 13.9. The molecule has 9 nitrogen and oxygen atoms in total. The highest BCUT2D eigenvalue weighted by molar-refractivity contribution is 6.04. The highest BCUT2D eigenvalue weighted by Crippen LogP contribution is 2.35. The lowest BCUT2D eigenvalue weighted by Gasteiger charge is -2.31. The van der Waals surface area contributed by atoms with Gasteiger partial charge in [0.05, 0.1) is 44.8 Å². The van der Waals surface area contributed by atoms with E-state index < -0.39 is 35.0 Å². The number of halogens is 1. The van der Waals surface area contributed by atoms with Crippen molar-refractivity contribution in [3.05, 3.63) is 34.8 Å². The van der Waals surface area contributed by atoms with Crippen LogP contribution in [0.15, 0.2) is 23.4 Å². The highest BCUT2D eigenvalue weighted by Gasteiger charge is 2.34. The van der Waals surface area contributed by atoms with Crippen molar-refractivity contribution < 1.29 is 42.8 Å². The van der Waals surface area contributed by atoms with Gasteiger partial charge in [-0.1, -0.05) is 0 Å². The molecule has 0 radical (unpaired) electrons. The van der Waals surface area contributed by atoms with Crippen molar-refractivity contribution in [3.63, 3.8) is 0 Å². The van der Waals surface area contributed by atoms with Crippen LogP contribution in [0, 0.1) is 5.82 Å². The molecule has 140 valence electrons. The van der Waals surface area contributed by atoms with Crippen molar-refractivity contribution >= 4 is 23.6 Å². The zero-order chi connectivity index (χ0) is 19.4. The summed E-state index contributed by atoms with van der Waals surface area (Å²) in [4.78, 5) is 36.9. The van der Waals surface area contributed by atoms with Crippen molar-refractivity contribution in [2.24, 2.45) is 0 Å². The van der Waals surface area contributed by atoms with Gasteiger partial charge in [0.25, 0.3) is 0 Å². The first-order valence-electron chi connectivity index (χ1n) is 7.21. The lowest BCUT2D eigenvalue weighted by Crippen LogP contribution is -2.39.